The van der Waals surface area contributed by atoms with Crippen LogP contribution in [0.3, 0.4) is 0 Å². The summed E-state index contributed by atoms with van der Waals surface area (Å²) < 4.78 is 4.99. The molecule has 0 aliphatic rings. The highest BCUT2D eigenvalue weighted by Crippen LogP contribution is 2.31. The van der Waals surface area contributed by atoms with Crippen LogP contribution in [0.25, 0.3) is 0 Å². The van der Waals surface area contributed by atoms with E-state index >= 15 is 0 Å². The van der Waals surface area contributed by atoms with Crippen molar-refractivity contribution in [1.82, 2.24) is 15.0 Å². The van der Waals surface area contributed by atoms with Crippen LogP contribution in [0.2, 0.25) is 10.0 Å². The summed E-state index contributed by atoms with van der Waals surface area (Å²) in [5.74, 6) is 0.656. The predicted octanol–water partition coefficient (Wildman–Crippen LogP) is 2.97. The molecular weight excluding hydrogens is 289 g/mol. The van der Waals surface area contributed by atoms with Crippen molar-refractivity contribution < 1.29 is 4.74 Å². The largest absolute Gasteiger partial charge is 0.467 e. The number of hydrogen-bond donors (Lipinski definition) is 2. The highest BCUT2D eigenvalue weighted by molar-refractivity contribution is 6.39. The van der Waals surface area contributed by atoms with Crippen LogP contribution in [0.15, 0.2) is 18.2 Å². The van der Waals surface area contributed by atoms with Crippen LogP contribution in [0, 0.1) is 0 Å². The van der Waals surface area contributed by atoms with Gasteiger partial charge in [0, 0.05) is 7.05 Å². The maximum Gasteiger partial charge on any atom is 0.322 e. The second-order valence-electron chi connectivity index (χ2n) is 3.44. The summed E-state index contributed by atoms with van der Waals surface area (Å²) in [6.07, 6.45) is 0. The maximum atomic E-state index is 6.06. The lowest BCUT2D eigenvalue weighted by atomic mass is 10.3. The van der Waals surface area contributed by atoms with Crippen molar-refractivity contribution in [1.29, 1.82) is 0 Å². The van der Waals surface area contributed by atoms with Gasteiger partial charge in [0.25, 0.3) is 0 Å². The Labute approximate surface area is 120 Å². The monoisotopic (exact) mass is 299 g/mol. The molecule has 0 aliphatic carbocycles. The van der Waals surface area contributed by atoms with Gasteiger partial charge in [-0.25, -0.2) is 0 Å². The summed E-state index contributed by atoms with van der Waals surface area (Å²) in [6, 6.07) is 5.37. The van der Waals surface area contributed by atoms with E-state index < -0.39 is 0 Å². The summed E-state index contributed by atoms with van der Waals surface area (Å²) in [4.78, 5) is 12.2. The van der Waals surface area contributed by atoms with Crippen molar-refractivity contribution >= 4 is 40.8 Å². The molecule has 100 valence electrons. The van der Waals surface area contributed by atoms with Crippen LogP contribution in [0.5, 0.6) is 6.01 Å². The smallest absolute Gasteiger partial charge is 0.322 e. The van der Waals surface area contributed by atoms with Crippen molar-refractivity contribution in [2.24, 2.45) is 0 Å². The zero-order valence-corrected chi connectivity index (χ0v) is 11.7. The standard InChI is InChI=1S/C11H11Cl2N5O/c1-14-9-16-10(18-11(17-9)19-2)15-8-6(12)4-3-5-7(8)13/h3-5H,1-2H3,(H2,14,15,16,17,18). The van der Waals surface area contributed by atoms with E-state index in [0.29, 0.717) is 21.7 Å². The predicted molar refractivity (Wildman–Crippen MR) is 75.7 cm³/mol. The highest BCUT2D eigenvalue weighted by Gasteiger charge is 2.10. The Bertz CT molecular complexity index is 551. The molecule has 19 heavy (non-hydrogen) atoms. The Balaban J connectivity index is 2.37. The molecule has 0 radical (unpaired) electrons. The minimum Gasteiger partial charge on any atom is -0.467 e. The molecule has 0 saturated carbocycles. The normalized spacial score (nSPS) is 10.1. The third kappa shape index (κ3) is 3.15. The molecule has 0 amide bonds. The molecule has 0 bridgehead atoms. The number of nitrogens with zero attached hydrogens (tertiary/aromatic N) is 3. The van der Waals surface area contributed by atoms with Crippen molar-refractivity contribution in [2.75, 3.05) is 24.8 Å². The molecule has 0 saturated heterocycles. The van der Waals surface area contributed by atoms with Crippen molar-refractivity contribution in [2.45, 2.75) is 0 Å². The van der Waals surface area contributed by atoms with Gasteiger partial charge in [-0.15, -0.1) is 0 Å². The summed E-state index contributed by atoms with van der Waals surface area (Å²) in [7, 11) is 3.17. The van der Waals surface area contributed by atoms with Gasteiger partial charge in [-0.3, -0.25) is 0 Å². The number of nitrogens with one attached hydrogen (secondary N) is 2. The van der Waals surface area contributed by atoms with Crippen molar-refractivity contribution in [3.8, 4) is 6.01 Å². The molecule has 0 spiro atoms. The summed E-state index contributed by atoms with van der Waals surface area (Å²) in [5, 5.41) is 6.69. The topological polar surface area (TPSA) is 72.0 Å². The maximum absolute atomic E-state index is 6.06. The third-order valence-electron chi connectivity index (χ3n) is 2.22. The molecular formula is C11H11Cl2N5O. The van der Waals surface area contributed by atoms with Crippen LogP contribution in [-0.4, -0.2) is 29.1 Å². The Morgan fingerprint density at radius 1 is 1.05 bits per heavy atom. The van der Waals surface area contributed by atoms with E-state index in [2.05, 4.69) is 25.6 Å². The van der Waals surface area contributed by atoms with Crippen LogP contribution >= 0.6 is 23.2 Å². The van der Waals surface area contributed by atoms with Crippen LogP contribution in [0.1, 0.15) is 0 Å². The van der Waals surface area contributed by atoms with Gasteiger partial charge < -0.3 is 15.4 Å². The molecule has 1 aromatic carbocycles. The second-order valence-corrected chi connectivity index (χ2v) is 4.26. The molecule has 1 heterocycles. The number of halogens is 2. The summed E-state index contributed by atoms with van der Waals surface area (Å²) in [5.41, 5.74) is 0.529. The molecule has 1 aromatic heterocycles. The first-order valence-corrected chi connectivity index (χ1v) is 6.08. The minimum absolute atomic E-state index is 0.185. The van der Waals surface area contributed by atoms with Gasteiger partial charge >= 0.3 is 6.01 Å². The van der Waals surface area contributed by atoms with E-state index in [-0.39, 0.29) is 12.0 Å². The van der Waals surface area contributed by atoms with E-state index in [1.165, 1.54) is 7.11 Å². The first-order chi connectivity index (χ1) is 9.13. The number of anilines is 3. The van der Waals surface area contributed by atoms with E-state index in [4.69, 9.17) is 27.9 Å². The zero-order chi connectivity index (χ0) is 13.8. The molecule has 8 heteroatoms. The van der Waals surface area contributed by atoms with Crippen molar-refractivity contribution in [3.63, 3.8) is 0 Å². The minimum atomic E-state index is 0.185. The van der Waals surface area contributed by atoms with Crippen LogP contribution < -0.4 is 15.4 Å². The fourth-order valence-electron chi connectivity index (χ4n) is 1.34. The van der Waals surface area contributed by atoms with Crippen LogP contribution in [0.4, 0.5) is 17.6 Å². The van der Waals surface area contributed by atoms with Gasteiger partial charge in [0.05, 0.1) is 22.8 Å². The van der Waals surface area contributed by atoms with E-state index in [0.717, 1.165) is 0 Å². The average Bonchev–Trinajstić information content (AvgIpc) is 2.42. The van der Waals surface area contributed by atoms with Gasteiger partial charge in [0.2, 0.25) is 11.9 Å². The number of ether oxygens (including phenoxy) is 1. The fourth-order valence-corrected chi connectivity index (χ4v) is 1.84. The lowest BCUT2D eigenvalue weighted by molar-refractivity contribution is 0.379. The van der Waals surface area contributed by atoms with Crippen molar-refractivity contribution in [3.05, 3.63) is 28.2 Å². The van der Waals surface area contributed by atoms with Gasteiger partial charge in [0.15, 0.2) is 0 Å². The number of aromatic nitrogens is 3. The first kappa shape index (κ1) is 13.6. The molecule has 2 rings (SSSR count). The quantitative estimate of drug-likeness (QED) is 0.904. The molecule has 0 atom stereocenters. The third-order valence-corrected chi connectivity index (χ3v) is 2.85. The molecule has 0 aliphatic heterocycles. The van der Waals surface area contributed by atoms with E-state index in [1.807, 2.05) is 0 Å². The summed E-state index contributed by atoms with van der Waals surface area (Å²) in [6.45, 7) is 0. The van der Waals surface area contributed by atoms with Gasteiger partial charge in [0.1, 0.15) is 0 Å². The number of para-hydroxylation sites is 1. The number of rotatable bonds is 4. The van der Waals surface area contributed by atoms with Gasteiger partial charge in [-0.05, 0) is 12.1 Å². The highest BCUT2D eigenvalue weighted by atomic mass is 35.5. The molecule has 2 N–H and O–H groups in total. The Morgan fingerprint density at radius 3 is 2.26 bits per heavy atom. The average molecular weight is 300 g/mol. The Hall–Kier alpha value is -1.79. The van der Waals surface area contributed by atoms with Crippen LogP contribution in [-0.2, 0) is 0 Å². The Kier molecular flexibility index (Phi) is 4.24. The number of hydrogen-bond acceptors (Lipinski definition) is 6. The molecule has 0 fully saturated rings. The molecule has 0 unspecified atom stereocenters. The lowest BCUT2D eigenvalue weighted by Crippen LogP contribution is -2.05. The molecule has 6 nitrogen and oxygen atoms in total. The van der Waals surface area contributed by atoms with E-state index in [9.17, 15) is 0 Å². The van der Waals surface area contributed by atoms with Gasteiger partial charge in [-0.2, -0.15) is 15.0 Å². The Morgan fingerprint density at radius 2 is 1.68 bits per heavy atom. The number of benzene rings is 1. The second kappa shape index (κ2) is 5.90. The number of methoxy groups -OCH3 is 1. The van der Waals surface area contributed by atoms with E-state index in [1.54, 1.807) is 25.2 Å². The SMILES string of the molecule is CNc1nc(Nc2c(Cl)cccc2Cl)nc(OC)n1. The fraction of sp³-hybridized carbons (Fsp3) is 0.182. The zero-order valence-electron chi connectivity index (χ0n) is 10.2. The lowest BCUT2D eigenvalue weighted by Gasteiger charge is -2.10. The summed E-state index contributed by atoms with van der Waals surface area (Å²) >= 11 is 12.1. The first-order valence-electron chi connectivity index (χ1n) is 5.33. The molecule has 2 aromatic rings. The van der Waals surface area contributed by atoms with Gasteiger partial charge in [-0.1, -0.05) is 29.3 Å².